The van der Waals surface area contributed by atoms with Gasteiger partial charge < -0.3 is 19.1 Å². The van der Waals surface area contributed by atoms with Crippen molar-refractivity contribution in [1.82, 2.24) is 0 Å². The maximum Gasteiger partial charge on any atom is 0.346 e. The van der Waals surface area contributed by atoms with Gasteiger partial charge in [-0.2, -0.15) is 0 Å². The summed E-state index contributed by atoms with van der Waals surface area (Å²) in [6, 6.07) is 24.2. The first-order valence-electron chi connectivity index (χ1n) is 10.7. The Morgan fingerprint density at radius 1 is 0.906 bits per heavy atom. The normalized spacial score (nSPS) is 14.8. The third-order valence-electron chi connectivity index (χ3n) is 5.38. The molecule has 0 saturated carbocycles. The highest BCUT2D eigenvalue weighted by molar-refractivity contribution is 7.99. The molecule has 0 amide bonds. The summed E-state index contributed by atoms with van der Waals surface area (Å²) in [5.41, 5.74) is 3.27. The lowest BCUT2D eigenvalue weighted by atomic mass is 10.1. The zero-order chi connectivity index (χ0) is 22.5. The molecule has 0 saturated heterocycles. The highest BCUT2D eigenvalue weighted by atomic mass is 32.2. The molecule has 5 nitrogen and oxygen atoms in total. The van der Waals surface area contributed by atoms with Crippen LogP contribution in [0, 0.1) is 0 Å². The lowest BCUT2D eigenvalue weighted by molar-refractivity contribution is -0.147. The highest BCUT2D eigenvalue weighted by Gasteiger charge is 2.22. The fourth-order valence-corrected chi connectivity index (χ4v) is 4.74. The molecule has 1 aliphatic rings. The van der Waals surface area contributed by atoms with Crippen molar-refractivity contribution in [3.05, 3.63) is 72.8 Å². The number of benzene rings is 3. The quantitative estimate of drug-likeness (QED) is 0.436. The van der Waals surface area contributed by atoms with Crippen LogP contribution in [0.5, 0.6) is 11.5 Å². The molecule has 32 heavy (non-hydrogen) atoms. The molecule has 0 fully saturated rings. The monoisotopic (exact) mass is 449 g/mol. The number of anilines is 1. The maximum atomic E-state index is 11.6. The molecule has 166 valence electrons. The summed E-state index contributed by atoms with van der Waals surface area (Å²) >= 11 is 1.89. The molecule has 4 rings (SSSR count). The standard InChI is InChI=1S/C26H27NO4S/c1-18(26(28)29-3)30-23-8-6-7-21(17-23)20-11-13-22(14-12-20)31-19(2)27-15-16-32-25-10-5-4-9-24(25)27/h4-14,17-19H,15-16H2,1-3H3. The number of thioether (sulfide) groups is 1. The van der Waals surface area contributed by atoms with E-state index in [0.717, 1.165) is 29.2 Å². The molecule has 0 aromatic heterocycles. The van der Waals surface area contributed by atoms with Crippen molar-refractivity contribution in [2.75, 3.05) is 24.3 Å². The smallest absolute Gasteiger partial charge is 0.346 e. The van der Waals surface area contributed by atoms with Crippen LogP contribution in [0.4, 0.5) is 5.69 Å². The van der Waals surface area contributed by atoms with E-state index in [1.54, 1.807) is 6.92 Å². The number of methoxy groups -OCH3 is 1. The molecule has 3 aromatic carbocycles. The molecule has 6 heteroatoms. The average Bonchev–Trinajstić information content (AvgIpc) is 2.83. The van der Waals surface area contributed by atoms with Crippen molar-refractivity contribution in [1.29, 1.82) is 0 Å². The van der Waals surface area contributed by atoms with Crippen LogP contribution < -0.4 is 14.4 Å². The Bertz CT molecular complexity index is 1070. The molecule has 1 heterocycles. The number of carbonyl (C=O) groups is 1. The number of rotatable bonds is 7. The Labute approximate surface area is 193 Å². The van der Waals surface area contributed by atoms with Gasteiger partial charge in [-0.15, -0.1) is 11.8 Å². The van der Waals surface area contributed by atoms with Gasteiger partial charge in [0.2, 0.25) is 0 Å². The Morgan fingerprint density at radius 2 is 1.69 bits per heavy atom. The largest absolute Gasteiger partial charge is 0.479 e. The fraction of sp³-hybridized carbons (Fsp3) is 0.269. The number of hydrogen-bond donors (Lipinski definition) is 0. The predicted molar refractivity (Wildman–Crippen MR) is 129 cm³/mol. The number of fused-ring (bicyclic) bond motifs is 1. The maximum absolute atomic E-state index is 11.6. The van der Waals surface area contributed by atoms with Gasteiger partial charge in [0.1, 0.15) is 11.5 Å². The van der Waals surface area contributed by atoms with E-state index in [-0.39, 0.29) is 6.23 Å². The minimum Gasteiger partial charge on any atom is -0.479 e. The van der Waals surface area contributed by atoms with E-state index in [1.807, 2.05) is 60.3 Å². The molecule has 0 bridgehead atoms. The van der Waals surface area contributed by atoms with Crippen molar-refractivity contribution in [3.63, 3.8) is 0 Å². The van der Waals surface area contributed by atoms with Gasteiger partial charge in [-0.25, -0.2) is 4.79 Å². The first-order chi connectivity index (χ1) is 15.5. The molecule has 0 aliphatic carbocycles. The summed E-state index contributed by atoms with van der Waals surface area (Å²) in [6.45, 7) is 4.72. The molecular weight excluding hydrogens is 422 g/mol. The summed E-state index contributed by atoms with van der Waals surface area (Å²) in [5, 5.41) is 0. The van der Waals surface area contributed by atoms with Crippen LogP contribution in [0.3, 0.4) is 0 Å². The third kappa shape index (κ3) is 5.02. The zero-order valence-corrected chi connectivity index (χ0v) is 19.3. The second-order valence-electron chi connectivity index (χ2n) is 7.56. The van der Waals surface area contributed by atoms with Gasteiger partial charge in [0, 0.05) is 17.2 Å². The van der Waals surface area contributed by atoms with E-state index in [1.165, 1.54) is 17.7 Å². The molecule has 1 aliphatic heterocycles. The van der Waals surface area contributed by atoms with Gasteiger partial charge in [-0.1, -0.05) is 36.4 Å². The number of para-hydroxylation sites is 1. The summed E-state index contributed by atoms with van der Waals surface area (Å²) in [5.74, 6) is 2.09. The molecule has 0 N–H and O–H groups in total. The summed E-state index contributed by atoms with van der Waals surface area (Å²) in [4.78, 5) is 15.2. The van der Waals surface area contributed by atoms with Crippen LogP contribution in [-0.4, -0.2) is 37.7 Å². The molecule has 2 unspecified atom stereocenters. The van der Waals surface area contributed by atoms with Crippen LogP contribution >= 0.6 is 11.8 Å². The van der Waals surface area contributed by atoms with Gasteiger partial charge in [-0.3, -0.25) is 0 Å². The summed E-state index contributed by atoms with van der Waals surface area (Å²) in [6.07, 6.45) is -0.731. The van der Waals surface area contributed by atoms with Crippen molar-refractivity contribution >= 4 is 23.4 Å². The van der Waals surface area contributed by atoms with Gasteiger partial charge in [-0.05, 0) is 61.4 Å². The zero-order valence-electron chi connectivity index (χ0n) is 18.5. The van der Waals surface area contributed by atoms with Crippen LogP contribution in [0.1, 0.15) is 13.8 Å². The summed E-state index contributed by atoms with van der Waals surface area (Å²) in [7, 11) is 1.35. The molecular formula is C26H27NO4S. The fourth-order valence-electron chi connectivity index (χ4n) is 3.72. The van der Waals surface area contributed by atoms with Gasteiger partial charge >= 0.3 is 5.97 Å². The van der Waals surface area contributed by atoms with Crippen molar-refractivity contribution in [2.45, 2.75) is 31.1 Å². The minimum atomic E-state index is -0.661. The second kappa shape index (κ2) is 10.0. The first kappa shape index (κ1) is 22.1. The average molecular weight is 450 g/mol. The van der Waals surface area contributed by atoms with Crippen LogP contribution in [-0.2, 0) is 9.53 Å². The number of ether oxygens (including phenoxy) is 3. The van der Waals surface area contributed by atoms with Crippen LogP contribution in [0.2, 0.25) is 0 Å². The lowest BCUT2D eigenvalue weighted by Crippen LogP contribution is -2.40. The SMILES string of the molecule is COC(=O)C(C)Oc1cccc(-c2ccc(OC(C)N3CCSc4ccccc43)cc2)c1. The van der Waals surface area contributed by atoms with Gasteiger partial charge in [0.15, 0.2) is 12.3 Å². The number of nitrogens with zero attached hydrogens (tertiary/aromatic N) is 1. The Hall–Kier alpha value is -3.12. The summed E-state index contributed by atoms with van der Waals surface area (Å²) < 4.78 is 16.7. The second-order valence-corrected chi connectivity index (χ2v) is 8.70. The van der Waals surface area contributed by atoms with Crippen molar-refractivity contribution in [2.24, 2.45) is 0 Å². The van der Waals surface area contributed by atoms with Crippen LogP contribution in [0.15, 0.2) is 77.7 Å². The lowest BCUT2D eigenvalue weighted by Gasteiger charge is -2.35. The Balaban J connectivity index is 1.44. The van der Waals surface area contributed by atoms with Gasteiger partial charge in [0.05, 0.1) is 12.8 Å². The third-order valence-corrected chi connectivity index (χ3v) is 6.42. The van der Waals surface area contributed by atoms with E-state index in [9.17, 15) is 4.79 Å². The number of carbonyl (C=O) groups excluding carboxylic acids is 1. The molecule has 0 spiro atoms. The van der Waals surface area contributed by atoms with Gasteiger partial charge in [0.25, 0.3) is 0 Å². The molecule has 0 radical (unpaired) electrons. The Kier molecular flexibility index (Phi) is 6.90. The van der Waals surface area contributed by atoms with E-state index < -0.39 is 12.1 Å². The van der Waals surface area contributed by atoms with Crippen molar-refractivity contribution in [3.8, 4) is 22.6 Å². The number of hydrogen-bond acceptors (Lipinski definition) is 6. The van der Waals surface area contributed by atoms with E-state index in [0.29, 0.717) is 5.75 Å². The minimum absolute atomic E-state index is 0.0700. The molecule has 3 aromatic rings. The highest BCUT2D eigenvalue weighted by Crippen LogP contribution is 2.36. The first-order valence-corrected chi connectivity index (χ1v) is 11.6. The van der Waals surface area contributed by atoms with E-state index in [2.05, 4.69) is 36.1 Å². The topological polar surface area (TPSA) is 48.0 Å². The van der Waals surface area contributed by atoms with Crippen LogP contribution in [0.25, 0.3) is 11.1 Å². The predicted octanol–water partition coefficient (Wildman–Crippen LogP) is 5.63. The Morgan fingerprint density at radius 3 is 2.47 bits per heavy atom. The number of esters is 1. The van der Waals surface area contributed by atoms with E-state index >= 15 is 0 Å². The van der Waals surface area contributed by atoms with Crippen molar-refractivity contribution < 1.29 is 19.0 Å². The van der Waals surface area contributed by atoms with E-state index in [4.69, 9.17) is 14.2 Å². The molecule has 2 atom stereocenters.